The van der Waals surface area contributed by atoms with Gasteiger partial charge < -0.3 is 19.7 Å². The molecule has 0 saturated carbocycles. The van der Waals surface area contributed by atoms with Gasteiger partial charge in [-0.25, -0.2) is 0 Å². The molecule has 0 bridgehead atoms. The van der Waals surface area contributed by atoms with E-state index in [2.05, 4.69) is 17.5 Å². The van der Waals surface area contributed by atoms with Crippen molar-refractivity contribution in [1.82, 2.24) is 0 Å². The molecule has 0 aliphatic carbocycles. The second-order valence-corrected chi connectivity index (χ2v) is 7.90. The average molecular weight is 342 g/mol. The monoisotopic (exact) mass is 342 g/mol. The van der Waals surface area contributed by atoms with Crippen LogP contribution < -0.4 is 9.84 Å². The summed E-state index contributed by atoms with van der Waals surface area (Å²) < 4.78 is 10.9. The predicted molar refractivity (Wildman–Crippen MR) is 96.2 cm³/mol. The fourth-order valence-electron chi connectivity index (χ4n) is 1.72. The molecule has 6 heteroatoms. The minimum atomic E-state index is -0.399. The lowest BCUT2D eigenvalue weighted by Crippen LogP contribution is -2.23. The highest BCUT2D eigenvalue weighted by molar-refractivity contribution is 7.95. The van der Waals surface area contributed by atoms with Crippen LogP contribution in [0.3, 0.4) is 0 Å². The van der Waals surface area contributed by atoms with Crippen LogP contribution in [0.4, 0.5) is 5.69 Å². The molecule has 1 atom stereocenters. The highest BCUT2D eigenvalue weighted by atomic mass is 32.2. The van der Waals surface area contributed by atoms with Crippen LogP contribution in [0.5, 0.6) is 5.75 Å². The SMILES string of the molecule is CCCOC[C@H]([OH2+])COc1ccc(N=C([O-])CC[S+](C)C)cc1. The highest BCUT2D eigenvalue weighted by Gasteiger charge is 2.09. The quantitative estimate of drug-likeness (QED) is 0.263. The zero-order valence-electron chi connectivity index (χ0n) is 14.2. The van der Waals surface area contributed by atoms with Crippen molar-refractivity contribution in [2.75, 3.05) is 38.1 Å². The molecule has 0 aliphatic heterocycles. The zero-order valence-corrected chi connectivity index (χ0v) is 15.0. The van der Waals surface area contributed by atoms with Gasteiger partial charge in [0.2, 0.25) is 6.10 Å². The van der Waals surface area contributed by atoms with Crippen LogP contribution in [-0.2, 0) is 15.6 Å². The Bertz CT molecular complexity index is 462. The van der Waals surface area contributed by atoms with Gasteiger partial charge in [0.05, 0.1) is 18.2 Å². The van der Waals surface area contributed by atoms with E-state index in [9.17, 15) is 5.11 Å². The van der Waals surface area contributed by atoms with Gasteiger partial charge in [-0.1, -0.05) is 6.92 Å². The molecule has 0 radical (unpaired) electrons. The molecule has 1 aromatic rings. The van der Waals surface area contributed by atoms with Crippen molar-refractivity contribution >= 4 is 22.5 Å². The molecule has 1 aromatic carbocycles. The summed E-state index contributed by atoms with van der Waals surface area (Å²) >= 11 is 0. The number of ether oxygens (including phenoxy) is 2. The van der Waals surface area contributed by atoms with Gasteiger partial charge in [0.25, 0.3) is 0 Å². The van der Waals surface area contributed by atoms with E-state index >= 15 is 0 Å². The van der Waals surface area contributed by atoms with E-state index in [1.54, 1.807) is 24.3 Å². The Morgan fingerprint density at radius 2 is 1.96 bits per heavy atom. The van der Waals surface area contributed by atoms with Crippen molar-refractivity contribution in [2.24, 2.45) is 4.99 Å². The van der Waals surface area contributed by atoms with Crippen molar-refractivity contribution < 1.29 is 19.7 Å². The Morgan fingerprint density at radius 1 is 1.26 bits per heavy atom. The van der Waals surface area contributed by atoms with Crippen LogP contribution in [0.2, 0.25) is 0 Å². The number of nitrogens with zero attached hydrogens (tertiary/aromatic N) is 1. The third kappa shape index (κ3) is 9.48. The summed E-state index contributed by atoms with van der Waals surface area (Å²) in [6, 6.07) is 7.07. The standard InChI is InChI=1S/C17H27NO4S/c1-4-10-21-12-15(19)13-22-16-7-5-14(6-8-16)18-17(20)9-11-23(2)3/h5-8,15,19H,4,9-13H2,1-3H3/p+1/t15-/m0/s1. The van der Waals surface area contributed by atoms with Gasteiger partial charge in [-0.2, -0.15) is 0 Å². The van der Waals surface area contributed by atoms with Crippen LogP contribution in [0.25, 0.3) is 0 Å². The summed E-state index contributed by atoms with van der Waals surface area (Å²) in [6.07, 6.45) is 5.28. The van der Waals surface area contributed by atoms with Crippen LogP contribution >= 0.6 is 0 Å². The minimum absolute atomic E-state index is 0.0841. The molecule has 0 aromatic heterocycles. The molecular weight excluding hydrogens is 314 g/mol. The van der Waals surface area contributed by atoms with Gasteiger partial charge >= 0.3 is 0 Å². The molecule has 23 heavy (non-hydrogen) atoms. The molecule has 5 nitrogen and oxygen atoms in total. The van der Waals surface area contributed by atoms with Crippen molar-refractivity contribution in [2.45, 2.75) is 25.9 Å². The van der Waals surface area contributed by atoms with Crippen LogP contribution in [-0.4, -0.2) is 55.2 Å². The number of benzene rings is 1. The molecule has 0 heterocycles. The van der Waals surface area contributed by atoms with E-state index in [1.807, 2.05) is 6.92 Å². The maximum absolute atomic E-state index is 11.7. The Kier molecular flexibility index (Phi) is 9.75. The Labute approximate surface area is 141 Å². The maximum Gasteiger partial charge on any atom is 0.212 e. The summed E-state index contributed by atoms with van der Waals surface area (Å²) in [7, 11) is 0.263. The molecule has 2 N–H and O–H groups in total. The second kappa shape index (κ2) is 11.3. The van der Waals surface area contributed by atoms with Crippen LogP contribution in [0, 0.1) is 0 Å². The van der Waals surface area contributed by atoms with E-state index in [0.29, 0.717) is 31.1 Å². The zero-order chi connectivity index (χ0) is 17.1. The van der Waals surface area contributed by atoms with E-state index in [-0.39, 0.29) is 23.4 Å². The minimum Gasteiger partial charge on any atom is -0.862 e. The third-order valence-electron chi connectivity index (χ3n) is 2.93. The molecule has 0 saturated heterocycles. The Hall–Kier alpha value is -1.24. The lowest BCUT2D eigenvalue weighted by Gasteiger charge is -2.11. The lowest BCUT2D eigenvalue weighted by atomic mass is 10.3. The normalized spacial score (nSPS) is 13.3. The van der Waals surface area contributed by atoms with Crippen LogP contribution in [0.15, 0.2) is 29.3 Å². The first kappa shape index (κ1) is 19.8. The predicted octanol–water partition coefficient (Wildman–Crippen LogP) is 1.24. The van der Waals surface area contributed by atoms with Gasteiger partial charge in [-0.15, -0.1) is 0 Å². The summed E-state index contributed by atoms with van der Waals surface area (Å²) in [5, 5.41) is 19.5. The fraction of sp³-hybridized carbons (Fsp3) is 0.588. The summed E-state index contributed by atoms with van der Waals surface area (Å²) in [6.45, 7) is 3.38. The Balaban J connectivity index is 2.39. The second-order valence-electron chi connectivity index (χ2n) is 5.52. The third-order valence-corrected chi connectivity index (χ3v) is 3.95. The van der Waals surface area contributed by atoms with Gasteiger partial charge in [0.15, 0.2) is 6.61 Å². The summed E-state index contributed by atoms with van der Waals surface area (Å²) in [4.78, 5) is 4.07. The number of hydrogen-bond donors (Lipinski definition) is 0. The highest BCUT2D eigenvalue weighted by Crippen LogP contribution is 2.18. The average Bonchev–Trinajstić information content (AvgIpc) is 2.52. The first-order valence-electron chi connectivity index (χ1n) is 7.81. The van der Waals surface area contributed by atoms with E-state index in [4.69, 9.17) is 14.6 Å². The van der Waals surface area contributed by atoms with E-state index < -0.39 is 6.10 Å². The van der Waals surface area contributed by atoms with E-state index in [0.717, 1.165) is 12.2 Å². The van der Waals surface area contributed by atoms with Gasteiger partial charge in [0.1, 0.15) is 18.1 Å². The molecule has 1 rings (SSSR count). The topological polar surface area (TPSA) is 76.8 Å². The molecule has 0 aliphatic rings. The summed E-state index contributed by atoms with van der Waals surface area (Å²) in [5.74, 6) is 1.47. The van der Waals surface area contributed by atoms with Crippen molar-refractivity contribution in [3.05, 3.63) is 24.3 Å². The van der Waals surface area contributed by atoms with Gasteiger partial charge in [-0.05, 0) is 47.5 Å². The Morgan fingerprint density at radius 3 is 2.57 bits per heavy atom. The fourth-order valence-corrected chi connectivity index (χ4v) is 2.31. The van der Waals surface area contributed by atoms with Crippen molar-refractivity contribution in [3.63, 3.8) is 0 Å². The molecule has 0 unspecified atom stereocenters. The molecule has 0 amide bonds. The van der Waals surface area contributed by atoms with Crippen LogP contribution in [0.1, 0.15) is 19.8 Å². The largest absolute Gasteiger partial charge is 0.862 e. The number of hydrogen-bond acceptors (Lipinski definition) is 4. The number of rotatable bonds is 11. The van der Waals surface area contributed by atoms with Crippen molar-refractivity contribution in [3.8, 4) is 5.75 Å². The smallest absolute Gasteiger partial charge is 0.212 e. The summed E-state index contributed by atoms with van der Waals surface area (Å²) in [5.41, 5.74) is 0.642. The first-order valence-corrected chi connectivity index (χ1v) is 10.0. The first-order chi connectivity index (χ1) is 11.0. The lowest BCUT2D eigenvalue weighted by molar-refractivity contribution is -0.217. The van der Waals surface area contributed by atoms with Crippen molar-refractivity contribution in [1.29, 1.82) is 0 Å². The molecule has 0 spiro atoms. The molecule has 0 fully saturated rings. The van der Waals surface area contributed by atoms with E-state index in [1.165, 1.54) is 0 Å². The molecule has 130 valence electrons. The maximum atomic E-state index is 11.7. The molecular formula is C17H28NO4S+. The number of aliphatic imine (C=N–C) groups is 1. The van der Waals surface area contributed by atoms with Gasteiger partial charge in [-0.3, -0.25) is 4.99 Å². The van der Waals surface area contributed by atoms with Gasteiger partial charge in [0, 0.05) is 13.0 Å².